The van der Waals surface area contributed by atoms with Crippen molar-refractivity contribution in [1.29, 1.82) is 0 Å². The molecule has 1 fully saturated rings. The van der Waals surface area contributed by atoms with Crippen molar-refractivity contribution in [2.75, 3.05) is 49.5 Å². The fraction of sp³-hybridized carbons (Fsp3) is 0.207. The smallest absolute Gasteiger partial charge is 0.170 e. The lowest BCUT2D eigenvalue weighted by Gasteiger charge is -2.36. The fourth-order valence-corrected chi connectivity index (χ4v) is 5.32. The predicted octanol–water partition coefficient (Wildman–Crippen LogP) is 6.02. The Labute approximate surface area is 231 Å². The lowest BCUT2D eigenvalue weighted by molar-refractivity contribution is 0.267. The molecule has 38 heavy (non-hydrogen) atoms. The standard InChI is InChI=1S/C29H27Cl2N7/c30-23-12-7-13-24(25(23)31)37-18-16-36(17-19-37)15-14-32-27-26-29(34-20-33-27)38(22-10-5-2-6-11-22)28(35-26)21-8-3-1-4-9-21/h1-13,20H,14-19H2,(H,32,33,34). The molecule has 6 rings (SSSR count). The van der Waals surface area contributed by atoms with Crippen LogP contribution in [0.25, 0.3) is 28.2 Å². The van der Waals surface area contributed by atoms with Gasteiger partial charge in [-0.1, -0.05) is 77.8 Å². The molecule has 0 amide bonds. The van der Waals surface area contributed by atoms with E-state index in [4.69, 9.17) is 28.2 Å². The molecule has 9 heteroatoms. The summed E-state index contributed by atoms with van der Waals surface area (Å²) in [6, 6.07) is 26.2. The lowest BCUT2D eigenvalue weighted by Crippen LogP contribution is -2.47. The van der Waals surface area contributed by atoms with Gasteiger partial charge in [-0.25, -0.2) is 15.0 Å². The van der Waals surface area contributed by atoms with Crippen LogP contribution in [0.4, 0.5) is 11.5 Å². The van der Waals surface area contributed by atoms with E-state index >= 15 is 0 Å². The minimum absolute atomic E-state index is 0.595. The topological polar surface area (TPSA) is 62.1 Å². The number of imidazole rings is 1. The average Bonchev–Trinajstić information content (AvgIpc) is 3.37. The fourth-order valence-electron chi connectivity index (χ4n) is 4.91. The highest BCUT2D eigenvalue weighted by Gasteiger charge is 2.21. The zero-order chi connectivity index (χ0) is 25.9. The highest BCUT2D eigenvalue weighted by atomic mass is 35.5. The normalized spacial score (nSPS) is 14.2. The van der Waals surface area contributed by atoms with Crippen LogP contribution in [0.15, 0.2) is 85.2 Å². The van der Waals surface area contributed by atoms with Crippen molar-refractivity contribution in [2.24, 2.45) is 0 Å². The molecule has 192 valence electrons. The molecule has 0 atom stereocenters. The molecule has 0 aliphatic carbocycles. The van der Waals surface area contributed by atoms with Crippen LogP contribution in [-0.4, -0.2) is 63.7 Å². The molecule has 5 aromatic rings. The number of benzene rings is 3. The molecule has 0 saturated carbocycles. The lowest BCUT2D eigenvalue weighted by atomic mass is 10.2. The van der Waals surface area contributed by atoms with Gasteiger partial charge < -0.3 is 10.2 Å². The molecule has 7 nitrogen and oxygen atoms in total. The second kappa shape index (κ2) is 11.0. The van der Waals surface area contributed by atoms with Crippen LogP contribution >= 0.6 is 23.2 Å². The molecule has 0 spiro atoms. The van der Waals surface area contributed by atoms with Gasteiger partial charge in [0.05, 0.1) is 15.7 Å². The number of nitrogens with one attached hydrogen (secondary N) is 1. The van der Waals surface area contributed by atoms with Crippen LogP contribution in [0, 0.1) is 0 Å². The maximum atomic E-state index is 6.44. The number of aromatic nitrogens is 4. The highest BCUT2D eigenvalue weighted by Crippen LogP contribution is 2.33. The quantitative estimate of drug-likeness (QED) is 0.270. The van der Waals surface area contributed by atoms with Gasteiger partial charge in [0.25, 0.3) is 0 Å². The van der Waals surface area contributed by atoms with E-state index in [0.29, 0.717) is 10.0 Å². The first-order valence-corrected chi connectivity index (χ1v) is 13.4. The average molecular weight is 544 g/mol. The summed E-state index contributed by atoms with van der Waals surface area (Å²) >= 11 is 12.7. The molecular formula is C29H27Cl2N7. The van der Waals surface area contributed by atoms with Crippen molar-refractivity contribution in [3.05, 3.63) is 95.2 Å². The molecule has 3 heterocycles. The van der Waals surface area contributed by atoms with Crippen molar-refractivity contribution < 1.29 is 0 Å². The summed E-state index contributed by atoms with van der Waals surface area (Å²) in [5.41, 5.74) is 4.58. The Hall–Kier alpha value is -3.65. The van der Waals surface area contributed by atoms with Crippen LogP contribution < -0.4 is 10.2 Å². The van der Waals surface area contributed by atoms with Crippen molar-refractivity contribution >= 4 is 45.9 Å². The summed E-state index contributed by atoms with van der Waals surface area (Å²) < 4.78 is 2.09. The Balaban J connectivity index is 1.18. The van der Waals surface area contributed by atoms with Crippen LogP contribution in [0.3, 0.4) is 0 Å². The van der Waals surface area contributed by atoms with Gasteiger partial charge in [-0.15, -0.1) is 0 Å². The maximum absolute atomic E-state index is 6.44. The van der Waals surface area contributed by atoms with Gasteiger partial charge >= 0.3 is 0 Å². The van der Waals surface area contributed by atoms with E-state index in [1.54, 1.807) is 6.33 Å². The summed E-state index contributed by atoms with van der Waals surface area (Å²) in [6.45, 7) is 5.35. The third-order valence-corrected chi connectivity index (χ3v) is 7.66. The summed E-state index contributed by atoms with van der Waals surface area (Å²) in [6.07, 6.45) is 1.61. The SMILES string of the molecule is Clc1cccc(N2CCN(CCNc3ncnc4c3nc(-c3ccccc3)n4-c3ccccc3)CC2)c1Cl. The number of fused-ring (bicyclic) bond motifs is 1. The van der Waals surface area contributed by atoms with E-state index in [1.807, 2.05) is 54.6 Å². The summed E-state index contributed by atoms with van der Waals surface area (Å²) in [5.74, 6) is 1.58. The van der Waals surface area contributed by atoms with Gasteiger partial charge in [0.15, 0.2) is 17.0 Å². The molecule has 1 aliphatic heterocycles. The van der Waals surface area contributed by atoms with Crippen LogP contribution in [0.5, 0.6) is 0 Å². The number of rotatable bonds is 7. The number of hydrogen-bond acceptors (Lipinski definition) is 6. The second-order valence-corrected chi connectivity index (χ2v) is 9.98. The van der Waals surface area contributed by atoms with E-state index in [2.05, 4.69) is 53.9 Å². The molecule has 1 saturated heterocycles. The number of halogens is 2. The molecule has 0 bridgehead atoms. The van der Waals surface area contributed by atoms with Crippen molar-refractivity contribution in [1.82, 2.24) is 24.4 Å². The molecule has 0 radical (unpaired) electrons. The number of nitrogens with zero attached hydrogens (tertiary/aromatic N) is 6. The molecule has 1 aliphatic rings. The third kappa shape index (κ3) is 4.92. The van der Waals surface area contributed by atoms with E-state index in [9.17, 15) is 0 Å². The number of para-hydroxylation sites is 1. The van der Waals surface area contributed by atoms with Gasteiger partial charge in [0.2, 0.25) is 0 Å². The molecule has 3 aromatic carbocycles. The van der Waals surface area contributed by atoms with Crippen LogP contribution in [0.2, 0.25) is 10.0 Å². The molecule has 2 aromatic heterocycles. The van der Waals surface area contributed by atoms with E-state index in [1.165, 1.54) is 0 Å². The van der Waals surface area contributed by atoms with Crippen molar-refractivity contribution in [3.8, 4) is 17.1 Å². The number of piperazine rings is 1. The Kier molecular flexibility index (Phi) is 7.14. The first-order valence-electron chi connectivity index (χ1n) is 12.7. The summed E-state index contributed by atoms with van der Waals surface area (Å²) in [4.78, 5) is 18.9. The predicted molar refractivity (Wildman–Crippen MR) is 156 cm³/mol. The Morgan fingerprint density at radius 1 is 0.789 bits per heavy atom. The van der Waals surface area contributed by atoms with Crippen LogP contribution in [-0.2, 0) is 0 Å². The molecule has 1 N–H and O–H groups in total. The highest BCUT2D eigenvalue weighted by molar-refractivity contribution is 6.43. The van der Waals surface area contributed by atoms with E-state index in [-0.39, 0.29) is 0 Å². The Morgan fingerprint density at radius 2 is 1.53 bits per heavy atom. The molecular weight excluding hydrogens is 517 g/mol. The monoisotopic (exact) mass is 543 g/mol. The van der Waals surface area contributed by atoms with Gasteiger partial charge in [-0.2, -0.15) is 0 Å². The van der Waals surface area contributed by atoms with Crippen molar-refractivity contribution in [3.63, 3.8) is 0 Å². The Bertz CT molecular complexity index is 1530. The first kappa shape index (κ1) is 24.7. The first-order chi connectivity index (χ1) is 18.7. The number of hydrogen-bond donors (Lipinski definition) is 1. The summed E-state index contributed by atoms with van der Waals surface area (Å²) in [7, 11) is 0. The number of anilines is 2. The van der Waals surface area contributed by atoms with Gasteiger partial charge in [-0.3, -0.25) is 9.47 Å². The van der Waals surface area contributed by atoms with Crippen molar-refractivity contribution in [2.45, 2.75) is 0 Å². The zero-order valence-electron chi connectivity index (χ0n) is 20.8. The molecule has 0 unspecified atom stereocenters. The van der Waals surface area contributed by atoms with Crippen LogP contribution in [0.1, 0.15) is 0 Å². The van der Waals surface area contributed by atoms with E-state index in [0.717, 1.165) is 79.0 Å². The maximum Gasteiger partial charge on any atom is 0.170 e. The van der Waals surface area contributed by atoms with Gasteiger partial charge in [-0.05, 0) is 24.3 Å². The third-order valence-electron chi connectivity index (χ3n) is 6.86. The zero-order valence-corrected chi connectivity index (χ0v) is 22.3. The largest absolute Gasteiger partial charge is 0.368 e. The summed E-state index contributed by atoms with van der Waals surface area (Å²) in [5, 5.41) is 4.74. The Morgan fingerprint density at radius 3 is 2.29 bits per heavy atom. The van der Waals surface area contributed by atoms with Gasteiger partial charge in [0.1, 0.15) is 12.2 Å². The minimum atomic E-state index is 0.595. The van der Waals surface area contributed by atoms with Gasteiger partial charge in [0, 0.05) is 50.5 Å². The van der Waals surface area contributed by atoms with E-state index < -0.39 is 0 Å². The second-order valence-electron chi connectivity index (χ2n) is 9.20. The minimum Gasteiger partial charge on any atom is -0.368 e.